The van der Waals surface area contributed by atoms with Crippen molar-refractivity contribution in [2.24, 2.45) is 35.5 Å². The second-order valence-corrected chi connectivity index (χ2v) is 11.6. The molecule has 37 heavy (non-hydrogen) atoms. The molecule has 0 radical (unpaired) electrons. The summed E-state index contributed by atoms with van der Waals surface area (Å²) in [4.78, 5) is 0. The van der Waals surface area contributed by atoms with Gasteiger partial charge in [0, 0.05) is 23.1 Å². The van der Waals surface area contributed by atoms with Crippen LogP contribution in [0.2, 0.25) is 0 Å². The molecule has 0 aromatic heterocycles. The van der Waals surface area contributed by atoms with Gasteiger partial charge in [-0.05, 0) is 99.2 Å². The Morgan fingerprint density at radius 2 is 1.32 bits per heavy atom. The minimum absolute atomic E-state index is 0.144. The molecule has 1 saturated heterocycles. The highest BCUT2D eigenvalue weighted by atomic mass is 19.4. The number of halogens is 5. The van der Waals surface area contributed by atoms with Crippen LogP contribution in [0.15, 0.2) is 18.2 Å². The molecule has 208 valence electrons. The maximum atomic E-state index is 14.3. The van der Waals surface area contributed by atoms with Crippen molar-refractivity contribution >= 4 is 6.08 Å². The fourth-order valence-electron chi connectivity index (χ4n) is 7.02. The molecule has 1 atom stereocenters. The lowest BCUT2D eigenvalue weighted by atomic mass is 9.66. The average Bonchev–Trinajstić information content (AvgIpc) is 2.88. The third kappa shape index (κ3) is 7.56. The third-order valence-electron chi connectivity index (χ3n) is 9.25. The molecule has 2 nitrogen and oxygen atoms in total. The number of alkyl halides is 3. The molecule has 3 fully saturated rings. The molecule has 0 N–H and O–H groups in total. The first-order chi connectivity index (χ1) is 17.6. The molecule has 7 heteroatoms. The van der Waals surface area contributed by atoms with Crippen molar-refractivity contribution in [2.75, 3.05) is 13.2 Å². The first kappa shape index (κ1) is 28.5. The van der Waals surface area contributed by atoms with Gasteiger partial charge in [-0.3, -0.25) is 0 Å². The number of rotatable bonds is 7. The summed E-state index contributed by atoms with van der Waals surface area (Å²) in [6.07, 6.45) is 7.68. The van der Waals surface area contributed by atoms with Crippen LogP contribution in [0.3, 0.4) is 0 Å². The van der Waals surface area contributed by atoms with Crippen LogP contribution in [0.25, 0.3) is 6.08 Å². The van der Waals surface area contributed by atoms with Crippen LogP contribution in [0.1, 0.15) is 95.5 Å². The Kier molecular flexibility index (Phi) is 9.71. The van der Waals surface area contributed by atoms with Crippen molar-refractivity contribution in [3.05, 3.63) is 41.0 Å². The van der Waals surface area contributed by atoms with Crippen molar-refractivity contribution in [3.63, 3.8) is 0 Å². The van der Waals surface area contributed by atoms with Crippen molar-refractivity contribution in [3.8, 4) is 0 Å². The minimum Gasteiger partial charge on any atom is -0.348 e. The maximum absolute atomic E-state index is 14.3. The van der Waals surface area contributed by atoms with E-state index >= 15 is 0 Å². The Balaban J connectivity index is 1.23. The van der Waals surface area contributed by atoms with E-state index < -0.39 is 29.7 Å². The molecule has 1 aromatic carbocycles. The molecule has 2 aliphatic carbocycles. The smallest absolute Gasteiger partial charge is 0.348 e. The van der Waals surface area contributed by atoms with Gasteiger partial charge in [-0.15, -0.1) is 0 Å². The third-order valence-corrected chi connectivity index (χ3v) is 9.25. The van der Waals surface area contributed by atoms with Gasteiger partial charge >= 0.3 is 6.18 Å². The quantitative estimate of drug-likeness (QED) is 0.328. The van der Waals surface area contributed by atoms with Gasteiger partial charge in [0.15, 0.2) is 6.29 Å². The van der Waals surface area contributed by atoms with Crippen molar-refractivity contribution in [1.82, 2.24) is 0 Å². The maximum Gasteiger partial charge on any atom is 0.409 e. The number of allylic oxidation sites excluding steroid dienone is 1. The standard InChI is InChI=1S/C30H41F5O2/c1-3-4-19(2)20-5-7-21(8-6-20)22-9-11-23(12-10-22)25-17-36-29(37-18-25)24-15-27(31)26(28(32)16-24)13-14-30(33,34)35/h13-16,19-23,25,29H,3-12,17-18H2,1-2H3/b14-13+. The van der Waals surface area contributed by atoms with E-state index in [9.17, 15) is 22.0 Å². The normalized spacial score (nSPS) is 32.5. The first-order valence-electron chi connectivity index (χ1n) is 14.1. The minimum atomic E-state index is -4.65. The van der Waals surface area contributed by atoms with E-state index in [1.807, 2.05) is 0 Å². The predicted octanol–water partition coefficient (Wildman–Crippen LogP) is 9.25. The molecule has 1 unspecified atom stereocenters. The summed E-state index contributed by atoms with van der Waals surface area (Å²) >= 11 is 0. The van der Waals surface area contributed by atoms with Gasteiger partial charge in [0.2, 0.25) is 0 Å². The molecule has 0 spiro atoms. The van der Waals surface area contributed by atoms with Crippen molar-refractivity contribution in [1.29, 1.82) is 0 Å². The summed E-state index contributed by atoms with van der Waals surface area (Å²) in [5.41, 5.74) is -0.583. The molecule has 1 aliphatic heterocycles. The van der Waals surface area contributed by atoms with Crippen molar-refractivity contribution in [2.45, 2.75) is 90.5 Å². The van der Waals surface area contributed by atoms with Crippen molar-refractivity contribution < 1.29 is 31.4 Å². The van der Waals surface area contributed by atoms with E-state index in [0.717, 1.165) is 35.8 Å². The average molecular weight is 529 g/mol. The second kappa shape index (κ2) is 12.6. The van der Waals surface area contributed by atoms with Crippen LogP contribution in [-0.2, 0) is 9.47 Å². The van der Waals surface area contributed by atoms with Crippen LogP contribution < -0.4 is 0 Å². The molecular weight excluding hydrogens is 487 g/mol. The Hall–Kier alpha value is -1.47. The summed E-state index contributed by atoms with van der Waals surface area (Å²) in [5, 5.41) is 0. The van der Waals surface area contributed by atoms with E-state index in [-0.39, 0.29) is 17.6 Å². The Morgan fingerprint density at radius 1 is 0.838 bits per heavy atom. The highest BCUT2D eigenvalue weighted by Gasteiger charge is 2.36. The molecule has 0 bridgehead atoms. The summed E-state index contributed by atoms with van der Waals surface area (Å²) in [6.45, 7) is 5.62. The summed E-state index contributed by atoms with van der Waals surface area (Å²) < 4.78 is 77.4. The molecular formula is C30H41F5O2. The van der Waals surface area contributed by atoms with Gasteiger partial charge in [0.05, 0.1) is 13.2 Å². The highest BCUT2D eigenvalue weighted by Crippen LogP contribution is 2.45. The zero-order valence-corrected chi connectivity index (χ0v) is 22.0. The molecule has 4 rings (SSSR count). The molecule has 3 aliphatic rings. The van der Waals surface area contributed by atoms with Gasteiger partial charge in [-0.1, -0.05) is 26.7 Å². The van der Waals surface area contributed by atoms with Crippen LogP contribution in [-0.4, -0.2) is 19.4 Å². The monoisotopic (exact) mass is 528 g/mol. The van der Waals surface area contributed by atoms with Gasteiger partial charge in [-0.25, -0.2) is 8.78 Å². The summed E-state index contributed by atoms with van der Waals surface area (Å²) in [7, 11) is 0. The van der Waals surface area contributed by atoms with E-state index in [2.05, 4.69) is 13.8 Å². The largest absolute Gasteiger partial charge is 0.409 e. The second-order valence-electron chi connectivity index (χ2n) is 11.6. The van der Waals surface area contributed by atoms with Crippen LogP contribution in [0, 0.1) is 47.1 Å². The Bertz CT molecular complexity index is 867. The van der Waals surface area contributed by atoms with E-state index in [1.165, 1.54) is 64.2 Å². The van der Waals surface area contributed by atoms with Gasteiger partial charge in [0.25, 0.3) is 0 Å². The Labute approximate surface area is 218 Å². The van der Waals surface area contributed by atoms with E-state index in [4.69, 9.17) is 9.47 Å². The summed E-state index contributed by atoms with van der Waals surface area (Å²) in [6, 6.07) is 1.99. The Morgan fingerprint density at radius 3 is 1.81 bits per heavy atom. The van der Waals surface area contributed by atoms with Crippen LogP contribution >= 0.6 is 0 Å². The number of benzene rings is 1. The highest BCUT2D eigenvalue weighted by molar-refractivity contribution is 5.52. The van der Waals surface area contributed by atoms with Crippen LogP contribution in [0.4, 0.5) is 22.0 Å². The topological polar surface area (TPSA) is 18.5 Å². The molecule has 2 saturated carbocycles. The number of hydrogen-bond acceptors (Lipinski definition) is 2. The molecule has 1 aromatic rings. The number of ether oxygens (including phenoxy) is 2. The summed E-state index contributed by atoms with van der Waals surface area (Å²) in [5.74, 6) is 2.10. The van der Waals surface area contributed by atoms with Gasteiger partial charge in [0.1, 0.15) is 11.6 Å². The lowest BCUT2D eigenvalue weighted by molar-refractivity contribution is -0.215. The molecule has 1 heterocycles. The first-order valence-corrected chi connectivity index (χ1v) is 14.1. The molecule has 0 amide bonds. The van der Waals surface area contributed by atoms with Crippen LogP contribution in [0.5, 0.6) is 0 Å². The zero-order valence-electron chi connectivity index (χ0n) is 22.0. The predicted molar refractivity (Wildman–Crippen MR) is 135 cm³/mol. The lowest BCUT2D eigenvalue weighted by Gasteiger charge is -2.42. The SMILES string of the molecule is CCCC(C)C1CCC(C2CCC(C3COC(c4cc(F)c(/C=C/C(F)(F)F)c(F)c4)OC3)CC2)CC1. The van der Waals surface area contributed by atoms with Gasteiger partial charge in [-0.2, -0.15) is 13.2 Å². The fourth-order valence-corrected chi connectivity index (χ4v) is 7.02. The number of hydrogen-bond donors (Lipinski definition) is 0. The van der Waals surface area contributed by atoms with Gasteiger partial charge < -0.3 is 9.47 Å². The van der Waals surface area contributed by atoms with E-state index in [0.29, 0.717) is 25.2 Å². The fraction of sp³-hybridized carbons (Fsp3) is 0.733. The van der Waals surface area contributed by atoms with E-state index in [1.54, 1.807) is 0 Å². The zero-order chi connectivity index (χ0) is 26.6. The lowest BCUT2D eigenvalue weighted by Crippen LogP contribution is -2.35.